The lowest BCUT2D eigenvalue weighted by Crippen LogP contribution is -2.67. The fourth-order valence-electron chi connectivity index (χ4n) is 6.71. The minimum atomic E-state index is -3.97. The molecule has 3 atom stereocenters. The number of sulfonamides is 1. The number of hydrogen-bond acceptors (Lipinski definition) is 7. The Morgan fingerprint density at radius 3 is 1.88 bits per heavy atom. The number of nitro groups is 1. The highest BCUT2D eigenvalue weighted by Crippen LogP contribution is 2.45. The Kier molecular flexibility index (Phi) is 10.5. The van der Waals surface area contributed by atoms with Crippen LogP contribution in [0.2, 0.25) is 0 Å². The van der Waals surface area contributed by atoms with Crippen LogP contribution in [0.5, 0.6) is 0 Å². The molecule has 0 unspecified atom stereocenters. The second kappa shape index (κ2) is 14.9. The Morgan fingerprint density at radius 1 is 0.857 bits per heavy atom. The Hall–Kier alpha value is -4.52. The van der Waals surface area contributed by atoms with Crippen LogP contribution in [0, 0.1) is 10.1 Å². The van der Waals surface area contributed by atoms with Crippen LogP contribution in [0.15, 0.2) is 156 Å². The van der Waals surface area contributed by atoms with Gasteiger partial charge in [0.15, 0.2) is 0 Å². The number of ether oxygens (including phenoxy) is 1. The molecule has 0 radical (unpaired) electrons. The molecule has 0 saturated carbocycles. The zero-order valence-electron chi connectivity index (χ0n) is 26.5. The number of nitrogens with zero attached hydrogens (tertiary/aromatic N) is 3. The van der Waals surface area contributed by atoms with Crippen LogP contribution in [-0.2, 0) is 20.4 Å². The number of likely N-dealkylation sites (tertiary alicyclic amines) is 1. The van der Waals surface area contributed by atoms with Gasteiger partial charge in [-0.2, -0.15) is 0 Å². The van der Waals surface area contributed by atoms with Crippen molar-refractivity contribution in [3.8, 4) is 0 Å². The molecule has 0 amide bonds. The van der Waals surface area contributed by atoms with E-state index in [1.54, 1.807) is 6.08 Å². The number of non-ortho nitro benzene ring substituents is 1. The molecule has 1 fully saturated rings. The summed E-state index contributed by atoms with van der Waals surface area (Å²) < 4.78 is 37.4. The highest BCUT2D eigenvalue weighted by Gasteiger charge is 2.50. The number of halogens is 1. The summed E-state index contributed by atoms with van der Waals surface area (Å²) in [6, 6.07) is 38.8. The molecule has 0 bridgehead atoms. The maximum Gasteiger partial charge on any atom is 0.269 e. The first-order chi connectivity index (χ1) is 23.7. The average molecular weight is 740 g/mol. The number of nitro benzene ring substituents is 1. The number of nitrogens with one attached hydrogen (secondary N) is 1. The van der Waals surface area contributed by atoms with Crippen molar-refractivity contribution < 1.29 is 18.1 Å². The summed E-state index contributed by atoms with van der Waals surface area (Å²) in [6.07, 6.45) is 3.61. The van der Waals surface area contributed by atoms with Gasteiger partial charge in [-0.1, -0.05) is 103 Å². The Balaban J connectivity index is 1.35. The van der Waals surface area contributed by atoms with Crippen molar-refractivity contribution in [1.29, 1.82) is 0 Å². The van der Waals surface area contributed by atoms with Crippen molar-refractivity contribution >= 4 is 31.6 Å². The number of pyridine rings is 1. The third kappa shape index (κ3) is 7.12. The molecule has 1 saturated heterocycles. The maximum atomic E-state index is 13.4. The highest BCUT2D eigenvalue weighted by molar-refractivity contribution is 9.10. The van der Waals surface area contributed by atoms with Crippen LogP contribution in [0.4, 0.5) is 5.69 Å². The maximum absolute atomic E-state index is 13.4. The molecule has 9 nitrogen and oxygen atoms in total. The van der Waals surface area contributed by atoms with E-state index >= 15 is 0 Å². The van der Waals surface area contributed by atoms with Gasteiger partial charge in [-0.15, -0.1) is 6.58 Å². The molecule has 0 spiro atoms. The largest absolute Gasteiger partial charge is 0.359 e. The first-order valence-corrected chi connectivity index (χ1v) is 18.0. The molecular weight excluding hydrogens is 704 g/mol. The van der Waals surface area contributed by atoms with Gasteiger partial charge in [-0.05, 0) is 56.4 Å². The van der Waals surface area contributed by atoms with Crippen molar-refractivity contribution in [3.05, 3.63) is 183 Å². The number of aromatic nitrogens is 1. The van der Waals surface area contributed by atoms with Gasteiger partial charge in [-0.3, -0.25) is 15.0 Å². The molecule has 0 aliphatic carbocycles. The van der Waals surface area contributed by atoms with Crippen LogP contribution < -0.4 is 4.72 Å². The predicted molar refractivity (Wildman–Crippen MR) is 193 cm³/mol. The van der Waals surface area contributed by atoms with Gasteiger partial charge in [0.1, 0.15) is 10.2 Å². The lowest BCUT2D eigenvalue weighted by molar-refractivity contribution is -0.384. The second-order valence-corrected chi connectivity index (χ2v) is 14.3. The quantitative estimate of drug-likeness (QED) is 0.0427. The van der Waals surface area contributed by atoms with Gasteiger partial charge < -0.3 is 4.74 Å². The minimum Gasteiger partial charge on any atom is -0.359 e. The zero-order valence-corrected chi connectivity index (χ0v) is 28.9. The molecule has 4 aromatic carbocycles. The van der Waals surface area contributed by atoms with Gasteiger partial charge in [-0.25, -0.2) is 18.1 Å². The van der Waals surface area contributed by atoms with Crippen LogP contribution in [0.25, 0.3) is 0 Å². The van der Waals surface area contributed by atoms with Crippen molar-refractivity contribution in [3.63, 3.8) is 0 Å². The van der Waals surface area contributed by atoms with E-state index in [4.69, 9.17) is 4.74 Å². The molecule has 1 aliphatic rings. The molecular formula is C38H35BrN4O5S. The highest BCUT2D eigenvalue weighted by atomic mass is 79.9. The molecule has 6 rings (SSSR count). The van der Waals surface area contributed by atoms with E-state index in [9.17, 15) is 18.5 Å². The summed E-state index contributed by atoms with van der Waals surface area (Å²) in [5.41, 5.74) is 2.78. The summed E-state index contributed by atoms with van der Waals surface area (Å²) in [7, 11) is -3.97. The summed E-state index contributed by atoms with van der Waals surface area (Å²) in [6.45, 7) is 4.88. The smallest absolute Gasteiger partial charge is 0.269 e. The Morgan fingerprint density at radius 2 is 1.41 bits per heavy atom. The standard InChI is InChI=1S/C38H35BrN4O5S/c1-2-24-42-34(26-41-49(46,47)33-21-19-32(20-22-33)43(44)45)37(28-18-23-36(39)40-25-28)35(42)27-48-38(29-12-6-3-7-13-29,30-14-8-4-9-15-30)31-16-10-5-11-17-31/h2-23,25,34-35,37,41H,1,24,26-27H2/t34-,35+,37+/m0/s1. The Labute approximate surface area is 294 Å². The molecule has 11 heteroatoms. The lowest BCUT2D eigenvalue weighted by atomic mass is 9.75. The fourth-order valence-corrected chi connectivity index (χ4v) is 8.00. The van der Waals surface area contributed by atoms with Gasteiger partial charge in [0.25, 0.3) is 5.69 Å². The summed E-state index contributed by atoms with van der Waals surface area (Å²) in [5.74, 6) is -0.153. The molecule has 1 N–H and O–H groups in total. The van der Waals surface area contributed by atoms with E-state index < -0.39 is 20.5 Å². The van der Waals surface area contributed by atoms with Crippen molar-refractivity contribution in [2.24, 2.45) is 0 Å². The van der Waals surface area contributed by atoms with E-state index in [2.05, 4.69) is 73.5 Å². The summed E-state index contributed by atoms with van der Waals surface area (Å²) >= 11 is 3.44. The van der Waals surface area contributed by atoms with Crippen molar-refractivity contribution in [1.82, 2.24) is 14.6 Å². The number of hydrogen-bond donors (Lipinski definition) is 1. The van der Waals surface area contributed by atoms with Crippen LogP contribution in [-0.4, -0.2) is 55.0 Å². The third-order valence-electron chi connectivity index (χ3n) is 9.01. The van der Waals surface area contributed by atoms with Gasteiger partial charge in [0.2, 0.25) is 10.0 Å². The van der Waals surface area contributed by atoms with Crippen molar-refractivity contribution in [2.75, 3.05) is 19.7 Å². The molecule has 49 heavy (non-hydrogen) atoms. The molecule has 1 aliphatic heterocycles. The van der Waals surface area contributed by atoms with E-state index in [1.807, 2.05) is 72.9 Å². The topological polar surface area (TPSA) is 115 Å². The van der Waals surface area contributed by atoms with E-state index in [0.717, 1.165) is 22.3 Å². The fraction of sp³-hybridized carbons (Fsp3) is 0.184. The molecule has 5 aromatic rings. The molecule has 2 heterocycles. The normalized spacial score (nSPS) is 18.0. The number of rotatable bonds is 14. The first kappa shape index (κ1) is 34.3. The first-order valence-electron chi connectivity index (χ1n) is 15.8. The van der Waals surface area contributed by atoms with Crippen LogP contribution in [0.3, 0.4) is 0 Å². The van der Waals surface area contributed by atoms with Gasteiger partial charge in [0, 0.05) is 49.4 Å². The average Bonchev–Trinajstić information content (AvgIpc) is 3.13. The van der Waals surface area contributed by atoms with Gasteiger partial charge >= 0.3 is 0 Å². The third-order valence-corrected chi connectivity index (χ3v) is 10.9. The van der Waals surface area contributed by atoms with Gasteiger partial charge in [0.05, 0.1) is 16.4 Å². The van der Waals surface area contributed by atoms with E-state index in [0.29, 0.717) is 17.8 Å². The number of benzene rings is 4. The monoisotopic (exact) mass is 738 g/mol. The molecule has 250 valence electrons. The Bertz CT molecular complexity index is 1890. The second-order valence-electron chi connectivity index (χ2n) is 11.8. The zero-order chi connectivity index (χ0) is 34.4. The SMILES string of the molecule is C=CCN1[C@H](COC(c2ccccc2)(c2ccccc2)c2ccccc2)[C@H](c2ccc(Br)nc2)[C@@H]1CNS(=O)(=O)c1ccc([N+](=O)[O-])cc1. The predicted octanol–water partition coefficient (Wildman–Crippen LogP) is 7.06. The van der Waals surface area contributed by atoms with E-state index in [1.165, 1.54) is 24.3 Å². The van der Waals surface area contributed by atoms with Crippen molar-refractivity contribution in [2.45, 2.75) is 28.5 Å². The van der Waals surface area contributed by atoms with Crippen LogP contribution >= 0.6 is 15.9 Å². The summed E-state index contributed by atoms with van der Waals surface area (Å²) in [4.78, 5) is 17.2. The molecule has 1 aromatic heterocycles. The van der Waals surface area contributed by atoms with E-state index in [-0.39, 0.29) is 35.1 Å². The summed E-state index contributed by atoms with van der Waals surface area (Å²) in [5, 5.41) is 11.1. The minimum absolute atomic E-state index is 0.0483. The van der Waals surface area contributed by atoms with Crippen LogP contribution in [0.1, 0.15) is 28.2 Å². The lowest BCUT2D eigenvalue weighted by Gasteiger charge is -2.56.